The van der Waals surface area contributed by atoms with Crippen molar-refractivity contribution >= 4 is 67.9 Å². The average molecular weight is 473 g/mol. The molecule has 8 heteroatoms. The summed E-state index contributed by atoms with van der Waals surface area (Å²) in [6.45, 7) is 2.08. The number of aryl methyl sites for hydroxylation is 1. The number of ether oxygens (including phenoxy) is 1. The number of benzene rings is 2. The molecule has 2 N–H and O–H groups in total. The molecule has 0 radical (unpaired) electrons. The number of nitrogens with one attached hydrogen (secondary N) is 2. The Bertz CT molecular complexity index is 1190. The molecule has 2 aromatic carbocycles. The van der Waals surface area contributed by atoms with Crippen LogP contribution < -0.4 is 10.6 Å². The summed E-state index contributed by atoms with van der Waals surface area (Å²) < 4.78 is 5.27. The lowest BCUT2D eigenvalue weighted by Gasteiger charge is -2.13. The molecule has 160 valence electrons. The third kappa shape index (κ3) is 4.44. The van der Waals surface area contributed by atoms with Gasteiger partial charge in [0, 0.05) is 20.8 Å². The molecule has 0 atom stereocenters. The van der Waals surface area contributed by atoms with Gasteiger partial charge in [-0.25, -0.2) is 4.79 Å². The van der Waals surface area contributed by atoms with E-state index in [0.717, 1.165) is 42.0 Å². The van der Waals surface area contributed by atoms with Crippen LogP contribution in [0.25, 0.3) is 10.8 Å². The predicted molar refractivity (Wildman–Crippen MR) is 130 cm³/mol. The van der Waals surface area contributed by atoms with E-state index in [1.807, 2.05) is 12.1 Å². The largest absolute Gasteiger partial charge is 0.462 e. The molecule has 0 unspecified atom stereocenters. The number of amides is 1. The van der Waals surface area contributed by atoms with Gasteiger partial charge >= 0.3 is 5.97 Å². The Morgan fingerprint density at radius 3 is 2.68 bits per heavy atom. The van der Waals surface area contributed by atoms with Gasteiger partial charge in [0.2, 0.25) is 0 Å². The van der Waals surface area contributed by atoms with Crippen molar-refractivity contribution in [2.45, 2.75) is 32.6 Å². The maximum absolute atomic E-state index is 12.9. The number of anilines is 1. The maximum atomic E-state index is 12.9. The molecule has 3 aromatic rings. The van der Waals surface area contributed by atoms with Crippen LogP contribution in [-0.2, 0) is 17.6 Å². The summed E-state index contributed by atoms with van der Waals surface area (Å²) in [4.78, 5) is 26.7. The highest BCUT2D eigenvalue weighted by molar-refractivity contribution is 7.80. The second kappa shape index (κ2) is 9.34. The molecule has 1 aliphatic rings. The first kappa shape index (κ1) is 21.7. The van der Waals surface area contributed by atoms with Crippen LogP contribution in [0.15, 0.2) is 36.4 Å². The molecule has 1 aromatic heterocycles. The molecule has 0 bridgehead atoms. The van der Waals surface area contributed by atoms with E-state index in [9.17, 15) is 9.59 Å². The highest BCUT2D eigenvalue weighted by atomic mass is 35.5. The number of fused-ring (bicyclic) bond motifs is 2. The molecule has 1 heterocycles. The molecular formula is C23H21ClN2O3S2. The van der Waals surface area contributed by atoms with Gasteiger partial charge in [-0.3, -0.25) is 10.1 Å². The first-order valence-corrected chi connectivity index (χ1v) is 11.7. The fourth-order valence-electron chi connectivity index (χ4n) is 3.85. The monoisotopic (exact) mass is 472 g/mol. The van der Waals surface area contributed by atoms with Crippen LogP contribution in [-0.4, -0.2) is 23.6 Å². The average Bonchev–Trinajstić information content (AvgIpc) is 3.11. The summed E-state index contributed by atoms with van der Waals surface area (Å²) in [6.07, 6.45) is 3.92. The Kier molecular flexibility index (Phi) is 6.55. The Morgan fingerprint density at radius 1 is 1.13 bits per heavy atom. The molecule has 0 saturated heterocycles. The minimum atomic E-state index is -0.359. The van der Waals surface area contributed by atoms with Gasteiger partial charge in [0.15, 0.2) is 5.11 Å². The number of thiocarbonyl (C=S) groups is 1. The third-order valence-electron chi connectivity index (χ3n) is 5.22. The number of carbonyl (C=O) groups excluding carboxylic acids is 2. The van der Waals surface area contributed by atoms with Crippen molar-refractivity contribution in [3.05, 3.63) is 63.0 Å². The molecule has 1 aliphatic carbocycles. The lowest BCUT2D eigenvalue weighted by molar-refractivity contribution is 0.0526. The van der Waals surface area contributed by atoms with Crippen LogP contribution in [0.1, 0.15) is 50.9 Å². The molecule has 0 aliphatic heterocycles. The van der Waals surface area contributed by atoms with Crippen molar-refractivity contribution in [3.8, 4) is 0 Å². The number of hydrogen-bond acceptors (Lipinski definition) is 5. The van der Waals surface area contributed by atoms with Crippen molar-refractivity contribution in [2.75, 3.05) is 11.9 Å². The second-order valence-corrected chi connectivity index (χ2v) is 9.10. The smallest absolute Gasteiger partial charge is 0.341 e. The SMILES string of the molecule is CCOC(=O)c1c(NC(=S)NC(=O)c2cccc3c(Cl)cccc23)sc2c1CCCC2. The molecule has 0 spiro atoms. The van der Waals surface area contributed by atoms with Crippen LogP contribution in [0.2, 0.25) is 5.02 Å². The topological polar surface area (TPSA) is 67.4 Å². The normalized spacial score (nSPS) is 12.8. The predicted octanol–water partition coefficient (Wildman–Crippen LogP) is 5.74. The minimum Gasteiger partial charge on any atom is -0.462 e. The number of esters is 1. The summed E-state index contributed by atoms with van der Waals surface area (Å²) in [7, 11) is 0. The van der Waals surface area contributed by atoms with E-state index in [2.05, 4.69) is 10.6 Å². The minimum absolute atomic E-state index is 0.133. The molecule has 5 nitrogen and oxygen atoms in total. The van der Waals surface area contributed by atoms with Gasteiger partial charge in [-0.2, -0.15) is 0 Å². The molecule has 1 amide bonds. The fourth-order valence-corrected chi connectivity index (χ4v) is 5.63. The highest BCUT2D eigenvalue weighted by Crippen LogP contribution is 2.38. The van der Waals surface area contributed by atoms with E-state index >= 15 is 0 Å². The van der Waals surface area contributed by atoms with Crippen LogP contribution >= 0.6 is 35.2 Å². The standard InChI is InChI=1S/C23H21ClN2O3S2/c1-2-29-22(28)19-16-7-3-4-12-18(16)31-21(19)26-23(30)25-20(27)15-10-5-9-14-13(15)8-6-11-17(14)24/h5-6,8-11H,2-4,7,12H2,1H3,(H2,25,26,27,30). The van der Waals surface area contributed by atoms with E-state index in [-0.39, 0.29) is 17.0 Å². The summed E-state index contributed by atoms with van der Waals surface area (Å²) in [6, 6.07) is 10.8. The molecule has 4 rings (SSSR count). The van der Waals surface area contributed by atoms with Gasteiger partial charge in [0.05, 0.1) is 12.2 Å². The van der Waals surface area contributed by atoms with E-state index < -0.39 is 0 Å². The van der Waals surface area contributed by atoms with Crippen molar-refractivity contribution in [2.24, 2.45) is 0 Å². The molecular weight excluding hydrogens is 452 g/mol. The molecule has 0 saturated carbocycles. The van der Waals surface area contributed by atoms with E-state index in [1.165, 1.54) is 16.2 Å². The van der Waals surface area contributed by atoms with Crippen molar-refractivity contribution in [3.63, 3.8) is 0 Å². The van der Waals surface area contributed by atoms with Gasteiger partial charge in [0.25, 0.3) is 5.91 Å². The first-order valence-electron chi connectivity index (χ1n) is 10.1. The van der Waals surface area contributed by atoms with E-state index in [4.69, 9.17) is 28.6 Å². The second-order valence-electron chi connectivity index (χ2n) is 7.18. The zero-order chi connectivity index (χ0) is 22.0. The summed E-state index contributed by atoms with van der Waals surface area (Å²) in [5.74, 6) is -0.702. The van der Waals surface area contributed by atoms with Crippen LogP contribution in [0.5, 0.6) is 0 Å². The summed E-state index contributed by atoms with van der Waals surface area (Å²) in [5, 5.41) is 8.66. The van der Waals surface area contributed by atoms with Gasteiger partial charge in [-0.15, -0.1) is 11.3 Å². The fraction of sp³-hybridized carbons (Fsp3) is 0.261. The number of thiophene rings is 1. The Balaban J connectivity index is 1.57. The maximum Gasteiger partial charge on any atom is 0.341 e. The third-order valence-corrected chi connectivity index (χ3v) is 6.96. The van der Waals surface area contributed by atoms with Gasteiger partial charge in [0.1, 0.15) is 5.00 Å². The highest BCUT2D eigenvalue weighted by Gasteiger charge is 2.27. The van der Waals surface area contributed by atoms with Crippen LogP contribution in [0, 0.1) is 0 Å². The summed E-state index contributed by atoms with van der Waals surface area (Å²) in [5.41, 5.74) is 2.05. The van der Waals surface area contributed by atoms with E-state index in [1.54, 1.807) is 31.2 Å². The van der Waals surface area contributed by atoms with Gasteiger partial charge in [-0.1, -0.05) is 35.9 Å². The quantitative estimate of drug-likeness (QED) is 0.374. The molecule has 0 fully saturated rings. The zero-order valence-electron chi connectivity index (χ0n) is 16.9. The summed E-state index contributed by atoms with van der Waals surface area (Å²) >= 11 is 13.2. The van der Waals surface area contributed by atoms with Crippen LogP contribution in [0.3, 0.4) is 0 Å². The Labute approximate surface area is 194 Å². The Morgan fingerprint density at radius 2 is 1.87 bits per heavy atom. The lowest BCUT2D eigenvalue weighted by Crippen LogP contribution is -2.34. The number of hydrogen-bond donors (Lipinski definition) is 2. The lowest BCUT2D eigenvalue weighted by atomic mass is 9.95. The molecule has 31 heavy (non-hydrogen) atoms. The zero-order valence-corrected chi connectivity index (χ0v) is 19.3. The van der Waals surface area contributed by atoms with Gasteiger partial charge < -0.3 is 10.1 Å². The number of halogens is 1. The Hall–Kier alpha value is -2.48. The van der Waals surface area contributed by atoms with Crippen molar-refractivity contribution < 1.29 is 14.3 Å². The van der Waals surface area contributed by atoms with Gasteiger partial charge in [-0.05, 0) is 67.9 Å². The number of carbonyl (C=O) groups is 2. The van der Waals surface area contributed by atoms with Crippen LogP contribution in [0.4, 0.5) is 5.00 Å². The van der Waals surface area contributed by atoms with Crippen molar-refractivity contribution in [1.82, 2.24) is 5.32 Å². The van der Waals surface area contributed by atoms with Crippen molar-refractivity contribution in [1.29, 1.82) is 0 Å². The van der Waals surface area contributed by atoms with E-state index in [0.29, 0.717) is 27.8 Å². The first-order chi connectivity index (χ1) is 15.0. The number of rotatable bonds is 4.